The molecule has 9 heteroatoms. The molecule has 0 saturated carbocycles. The second kappa shape index (κ2) is 9.56. The number of nitrogens with two attached hydrogens (primary N) is 1. The zero-order chi connectivity index (χ0) is 24.4. The number of hydrogen-bond acceptors (Lipinski definition) is 6. The topological polar surface area (TPSA) is 115 Å². The average molecular weight is 475 g/mol. The molecule has 0 fully saturated rings. The molecule has 4 rings (SSSR count). The van der Waals surface area contributed by atoms with Crippen LogP contribution in [-0.4, -0.2) is 32.6 Å². The number of anilines is 3. The van der Waals surface area contributed by atoms with Gasteiger partial charge in [0, 0.05) is 34.1 Å². The summed E-state index contributed by atoms with van der Waals surface area (Å²) in [5.41, 5.74) is 9.61. The molecule has 0 spiro atoms. The van der Waals surface area contributed by atoms with Crippen molar-refractivity contribution in [2.75, 3.05) is 22.6 Å². The molecule has 2 amide bonds. The number of nitrogen functional groups attached to an aromatic ring is 1. The highest BCUT2D eigenvalue weighted by Crippen LogP contribution is 2.30. The molecule has 0 aliphatic rings. The lowest BCUT2D eigenvalue weighted by atomic mass is 9.98. The molecule has 34 heavy (non-hydrogen) atoms. The van der Waals surface area contributed by atoms with Gasteiger partial charge in [-0.3, -0.25) is 4.79 Å². The molecular weight excluding hydrogens is 448 g/mol. The number of nitrogens with one attached hydrogen (secondary N) is 2. The summed E-state index contributed by atoms with van der Waals surface area (Å²) in [5.74, 6) is 0.0478. The number of benzene rings is 2. The Balaban J connectivity index is 1.64. The highest BCUT2D eigenvalue weighted by Gasteiger charge is 2.22. The summed E-state index contributed by atoms with van der Waals surface area (Å²) in [6.45, 7) is 5.87. The summed E-state index contributed by atoms with van der Waals surface area (Å²) in [6.07, 6.45) is 5.14. The van der Waals surface area contributed by atoms with E-state index in [0.29, 0.717) is 33.5 Å². The van der Waals surface area contributed by atoms with E-state index in [1.54, 1.807) is 36.2 Å². The number of carbonyl (C=O) groups is 2. The molecule has 0 bridgehead atoms. The Kier molecular flexibility index (Phi) is 6.56. The second-order valence-corrected chi connectivity index (χ2v) is 9.05. The predicted molar refractivity (Wildman–Crippen MR) is 138 cm³/mol. The van der Waals surface area contributed by atoms with Gasteiger partial charge in [-0.25, -0.2) is 14.8 Å². The van der Waals surface area contributed by atoms with Crippen molar-refractivity contribution in [1.82, 2.24) is 14.5 Å². The summed E-state index contributed by atoms with van der Waals surface area (Å²) < 4.78 is 1.91. The van der Waals surface area contributed by atoms with E-state index < -0.39 is 6.03 Å². The third-order valence-electron chi connectivity index (χ3n) is 5.51. The first-order valence-corrected chi connectivity index (χ1v) is 12.0. The van der Waals surface area contributed by atoms with Crippen LogP contribution >= 0.6 is 11.8 Å². The number of aromatic nitrogens is 3. The molecule has 2 aromatic carbocycles. The lowest BCUT2D eigenvalue weighted by molar-refractivity contribution is 0.103. The van der Waals surface area contributed by atoms with Gasteiger partial charge in [0.15, 0.2) is 5.78 Å². The lowest BCUT2D eigenvalue weighted by Crippen LogP contribution is -2.19. The van der Waals surface area contributed by atoms with Crippen LogP contribution in [0.15, 0.2) is 59.9 Å². The van der Waals surface area contributed by atoms with Gasteiger partial charge in [0.2, 0.25) is 0 Å². The van der Waals surface area contributed by atoms with Crippen molar-refractivity contribution in [2.45, 2.75) is 31.7 Å². The fraction of sp³-hybridized carbons (Fsp3) is 0.200. The van der Waals surface area contributed by atoms with Gasteiger partial charge in [-0.05, 0) is 62.9 Å². The Morgan fingerprint density at radius 3 is 2.47 bits per heavy atom. The highest BCUT2D eigenvalue weighted by atomic mass is 32.2. The average Bonchev–Trinajstić information content (AvgIpc) is 3.21. The van der Waals surface area contributed by atoms with E-state index in [4.69, 9.17) is 5.73 Å². The Morgan fingerprint density at radius 2 is 1.76 bits per heavy atom. The fourth-order valence-corrected chi connectivity index (χ4v) is 4.22. The van der Waals surface area contributed by atoms with Crippen molar-refractivity contribution in [3.63, 3.8) is 0 Å². The number of thioether (sulfide) groups is 1. The third kappa shape index (κ3) is 4.60. The fourth-order valence-electron chi connectivity index (χ4n) is 3.76. The maximum absolute atomic E-state index is 13.6. The quantitative estimate of drug-likeness (QED) is 0.251. The number of hydrogen-bond donors (Lipinski definition) is 3. The number of urea groups is 1. The van der Waals surface area contributed by atoms with E-state index in [-0.39, 0.29) is 17.6 Å². The van der Waals surface area contributed by atoms with Gasteiger partial charge >= 0.3 is 6.03 Å². The van der Waals surface area contributed by atoms with Crippen LogP contribution in [-0.2, 0) is 0 Å². The molecule has 2 aromatic heterocycles. The van der Waals surface area contributed by atoms with E-state index in [9.17, 15) is 9.59 Å². The number of ketones is 1. The summed E-state index contributed by atoms with van der Waals surface area (Å²) >= 11 is 1.60. The largest absolute Gasteiger partial charge is 0.383 e. The summed E-state index contributed by atoms with van der Waals surface area (Å²) in [7, 11) is 0. The minimum Gasteiger partial charge on any atom is -0.383 e. The Hall–Kier alpha value is -3.85. The maximum atomic E-state index is 13.6. The number of fused-ring (bicyclic) bond motifs is 1. The predicted octanol–water partition coefficient (Wildman–Crippen LogP) is 5.50. The van der Waals surface area contributed by atoms with Crippen LogP contribution in [0.5, 0.6) is 0 Å². The molecular formula is C25H26N6O2S. The molecule has 0 aliphatic heterocycles. The van der Waals surface area contributed by atoms with Crippen molar-refractivity contribution < 1.29 is 9.59 Å². The number of carbonyl (C=O) groups excluding carboxylic acids is 2. The lowest BCUT2D eigenvalue weighted by Gasteiger charge is -2.11. The zero-order valence-electron chi connectivity index (χ0n) is 19.4. The molecule has 0 atom stereocenters. The first kappa shape index (κ1) is 23.3. The molecule has 0 aliphatic carbocycles. The first-order chi connectivity index (χ1) is 16.3. The Morgan fingerprint density at radius 1 is 1.03 bits per heavy atom. The summed E-state index contributed by atoms with van der Waals surface area (Å²) in [6, 6.07) is 12.5. The van der Waals surface area contributed by atoms with Crippen LogP contribution in [0.1, 0.15) is 41.4 Å². The first-order valence-electron chi connectivity index (χ1n) is 10.8. The van der Waals surface area contributed by atoms with Gasteiger partial charge in [-0.2, -0.15) is 0 Å². The molecule has 2 heterocycles. The van der Waals surface area contributed by atoms with Crippen molar-refractivity contribution in [3.05, 3.63) is 71.7 Å². The SMILES string of the molecule is CSc1cccc(NC(=O)Nc2ccc(C)c(C(=O)c3cn(C(C)C)c4ncnc(N)c34)c2)c1. The van der Waals surface area contributed by atoms with Crippen molar-refractivity contribution in [2.24, 2.45) is 0 Å². The number of aryl methyl sites for hydroxylation is 1. The van der Waals surface area contributed by atoms with Crippen LogP contribution in [0, 0.1) is 6.92 Å². The molecule has 4 aromatic rings. The monoisotopic (exact) mass is 474 g/mol. The van der Waals surface area contributed by atoms with E-state index in [1.165, 1.54) is 6.33 Å². The molecule has 8 nitrogen and oxygen atoms in total. The molecule has 174 valence electrons. The standard InChI is InChI=1S/C25H26N6O2S/c1-14(2)31-12-20(21-23(26)27-13-28-24(21)31)22(32)19-11-17(9-8-15(19)3)30-25(33)29-16-6-5-7-18(10-16)34-4/h5-14H,1-4H3,(H2,26,27,28)(H2,29,30,33). The van der Waals surface area contributed by atoms with E-state index >= 15 is 0 Å². The van der Waals surface area contributed by atoms with Crippen LogP contribution in [0.4, 0.5) is 22.0 Å². The third-order valence-corrected chi connectivity index (χ3v) is 6.23. The van der Waals surface area contributed by atoms with E-state index in [0.717, 1.165) is 10.5 Å². The Bertz CT molecular complexity index is 1400. The molecule has 4 N–H and O–H groups in total. The Labute approximate surface area is 202 Å². The highest BCUT2D eigenvalue weighted by molar-refractivity contribution is 7.98. The molecule has 0 radical (unpaired) electrons. The zero-order valence-corrected chi connectivity index (χ0v) is 20.2. The number of nitrogens with zero attached hydrogens (tertiary/aromatic N) is 3. The summed E-state index contributed by atoms with van der Waals surface area (Å²) in [4.78, 5) is 35.7. The maximum Gasteiger partial charge on any atom is 0.323 e. The normalized spacial score (nSPS) is 11.1. The van der Waals surface area contributed by atoms with Crippen molar-refractivity contribution >= 4 is 51.8 Å². The van der Waals surface area contributed by atoms with Crippen molar-refractivity contribution in [1.29, 1.82) is 0 Å². The van der Waals surface area contributed by atoms with Crippen LogP contribution in [0.2, 0.25) is 0 Å². The minimum atomic E-state index is -0.394. The smallest absolute Gasteiger partial charge is 0.323 e. The van der Waals surface area contributed by atoms with Gasteiger partial charge in [-0.1, -0.05) is 12.1 Å². The van der Waals surface area contributed by atoms with Crippen LogP contribution in [0.25, 0.3) is 11.0 Å². The van der Waals surface area contributed by atoms with Crippen LogP contribution < -0.4 is 16.4 Å². The molecule has 0 saturated heterocycles. The van der Waals surface area contributed by atoms with Gasteiger partial charge in [0.25, 0.3) is 0 Å². The van der Waals surface area contributed by atoms with Gasteiger partial charge in [0.05, 0.1) is 10.9 Å². The minimum absolute atomic E-state index is 0.0840. The van der Waals surface area contributed by atoms with Gasteiger partial charge in [0.1, 0.15) is 17.8 Å². The van der Waals surface area contributed by atoms with Gasteiger partial charge in [-0.15, -0.1) is 11.8 Å². The number of rotatable bonds is 6. The number of amides is 2. The summed E-state index contributed by atoms with van der Waals surface area (Å²) in [5, 5.41) is 6.17. The van der Waals surface area contributed by atoms with Crippen molar-refractivity contribution in [3.8, 4) is 0 Å². The second-order valence-electron chi connectivity index (χ2n) is 8.17. The van der Waals surface area contributed by atoms with Gasteiger partial charge < -0.3 is 20.9 Å². The molecule has 0 unspecified atom stereocenters. The van der Waals surface area contributed by atoms with Crippen LogP contribution in [0.3, 0.4) is 0 Å². The van der Waals surface area contributed by atoms with E-state index in [2.05, 4.69) is 20.6 Å². The van der Waals surface area contributed by atoms with E-state index in [1.807, 2.05) is 55.9 Å².